The van der Waals surface area contributed by atoms with Crippen molar-refractivity contribution in [3.8, 4) is 0 Å². The summed E-state index contributed by atoms with van der Waals surface area (Å²) in [6, 6.07) is 2.72. The van der Waals surface area contributed by atoms with Crippen LogP contribution in [0, 0.1) is 13.8 Å². The molecule has 0 saturated heterocycles. The van der Waals surface area contributed by atoms with E-state index in [-0.39, 0.29) is 23.9 Å². The Morgan fingerprint density at radius 2 is 1.85 bits per heavy atom. The fraction of sp³-hybridized carbons (Fsp3) is 0.619. The van der Waals surface area contributed by atoms with Crippen molar-refractivity contribution in [2.45, 2.75) is 78.3 Å². The molecular weight excluding hydrogens is 326 g/mol. The topological polar surface area (TPSA) is 63.1 Å². The van der Waals surface area contributed by atoms with Gasteiger partial charge in [-0.2, -0.15) is 0 Å². The van der Waals surface area contributed by atoms with Gasteiger partial charge in [0.15, 0.2) is 0 Å². The minimum atomic E-state index is -0.297. The van der Waals surface area contributed by atoms with Gasteiger partial charge in [0, 0.05) is 29.0 Å². The van der Waals surface area contributed by atoms with Crippen molar-refractivity contribution < 1.29 is 9.59 Å². The Kier molecular flexibility index (Phi) is 6.68. The van der Waals surface area contributed by atoms with Crippen LogP contribution in [0.3, 0.4) is 0 Å². The molecule has 1 aliphatic rings. The summed E-state index contributed by atoms with van der Waals surface area (Å²) in [5, 5.41) is 5.46. The molecule has 2 N–H and O–H groups in total. The number of carbonyl (C=O) groups is 2. The molecule has 5 nitrogen and oxygen atoms in total. The molecule has 0 aliphatic heterocycles. The minimum absolute atomic E-state index is 0.0124. The van der Waals surface area contributed by atoms with E-state index in [9.17, 15) is 9.59 Å². The van der Waals surface area contributed by atoms with Gasteiger partial charge in [-0.05, 0) is 65.2 Å². The van der Waals surface area contributed by atoms with Crippen LogP contribution in [0.4, 0.5) is 0 Å². The van der Waals surface area contributed by atoms with Crippen LogP contribution < -0.4 is 10.6 Å². The van der Waals surface area contributed by atoms with Crippen molar-refractivity contribution in [2.75, 3.05) is 6.54 Å². The van der Waals surface area contributed by atoms with E-state index < -0.39 is 0 Å². The number of nitrogens with one attached hydrogen (secondary N) is 2. The molecule has 5 heteroatoms. The van der Waals surface area contributed by atoms with E-state index >= 15 is 0 Å². The first kappa shape index (κ1) is 20.3. The van der Waals surface area contributed by atoms with Crippen molar-refractivity contribution in [3.63, 3.8) is 0 Å². The predicted molar refractivity (Wildman–Crippen MR) is 106 cm³/mol. The van der Waals surface area contributed by atoms with E-state index in [4.69, 9.17) is 0 Å². The first-order valence-electron chi connectivity index (χ1n) is 9.63. The van der Waals surface area contributed by atoms with Crippen LogP contribution in [0.1, 0.15) is 75.9 Å². The molecule has 1 aliphatic carbocycles. The van der Waals surface area contributed by atoms with Crippen LogP contribution in [-0.4, -0.2) is 28.5 Å². The first-order chi connectivity index (χ1) is 12.2. The lowest BCUT2D eigenvalue weighted by Gasteiger charge is -2.26. The van der Waals surface area contributed by atoms with Crippen LogP contribution in [0.5, 0.6) is 0 Å². The number of nitrogens with zero attached hydrogens (tertiary/aromatic N) is 1. The predicted octanol–water partition coefficient (Wildman–Crippen LogP) is 3.65. The molecule has 1 saturated carbocycles. The minimum Gasteiger partial charge on any atom is -0.350 e. The van der Waals surface area contributed by atoms with Gasteiger partial charge in [-0.25, -0.2) is 0 Å². The summed E-state index contributed by atoms with van der Waals surface area (Å²) in [4.78, 5) is 23.8. The standard InChI is InChI=1S/C21H33N3O2/c1-15-13-17(16(2)24(15)18-9-7-6-8-10-18)11-12-19(25)22-14-20(26)23-21(3,4)5/h11-13,18H,6-10,14H2,1-5H3,(H,22,25)(H,23,26)/b12-11+. The van der Waals surface area contributed by atoms with Crippen molar-refractivity contribution in [3.05, 3.63) is 29.1 Å². The molecule has 1 aromatic rings. The van der Waals surface area contributed by atoms with E-state index in [2.05, 4.69) is 35.1 Å². The summed E-state index contributed by atoms with van der Waals surface area (Å²) in [5.41, 5.74) is 3.24. The first-order valence-corrected chi connectivity index (χ1v) is 9.63. The molecule has 2 amide bonds. The van der Waals surface area contributed by atoms with Gasteiger partial charge in [-0.3, -0.25) is 9.59 Å². The fourth-order valence-corrected chi connectivity index (χ4v) is 3.73. The monoisotopic (exact) mass is 359 g/mol. The summed E-state index contributed by atoms with van der Waals surface area (Å²) in [6.07, 6.45) is 9.77. The quantitative estimate of drug-likeness (QED) is 0.788. The fourth-order valence-electron chi connectivity index (χ4n) is 3.73. The molecule has 0 unspecified atom stereocenters. The van der Waals surface area contributed by atoms with Crippen LogP contribution in [0.2, 0.25) is 0 Å². The zero-order valence-electron chi connectivity index (χ0n) is 16.8. The van der Waals surface area contributed by atoms with Gasteiger partial charge in [0.2, 0.25) is 11.8 Å². The highest BCUT2D eigenvalue weighted by Crippen LogP contribution is 2.32. The van der Waals surface area contributed by atoms with Crippen molar-refractivity contribution in [1.82, 2.24) is 15.2 Å². The van der Waals surface area contributed by atoms with Gasteiger partial charge in [0.05, 0.1) is 6.54 Å². The van der Waals surface area contributed by atoms with E-state index in [1.807, 2.05) is 26.8 Å². The third kappa shape index (κ3) is 5.75. The maximum atomic E-state index is 12.0. The Morgan fingerprint density at radius 1 is 1.19 bits per heavy atom. The van der Waals surface area contributed by atoms with Crippen LogP contribution >= 0.6 is 0 Å². The highest BCUT2D eigenvalue weighted by Gasteiger charge is 2.19. The Hall–Kier alpha value is -2.04. The zero-order chi connectivity index (χ0) is 19.3. The number of hydrogen-bond acceptors (Lipinski definition) is 2. The number of aromatic nitrogens is 1. The molecular formula is C21H33N3O2. The Labute approximate surface area is 157 Å². The molecule has 144 valence electrons. The van der Waals surface area contributed by atoms with Crippen LogP contribution in [0.25, 0.3) is 6.08 Å². The van der Waals surface area contributed by atoms with E-state index in [1.54, 1.807) is 0 Å². The Bertz CT molecular complexity index is 674. The maximum Gasteiger partial charge on any atom is 0.244 e. The summed E-state index contributed by atoms with van der Waals surface area (Å²) < 4.78 is 2.42. The van der Waals surface area contributed by atoms with Gasteiger partial charge < -0.3 is 15.2 Å². The lowest BCUT2D eigenvalue weighted by molar-refractivity contribution is -0.124. The molecule has 0 bridgehead atoms. The third-order valence-corrected chi connectivity index (χ3v) is 4.82. The average Bonchev–Trinajstić information content (AvgIpc) is 2.84. The van der Waals surface area contributed by atoms with Gasteiger partial charge in [0.25, 0.3) is 0 Å². The van der Waals surface area contributed by atoms with Crippen molar-refractivity contribution in [2.24, 2.45) is 0 Å². The molecule has 0 atom stereocenters. The second-order valence-electron chi connectivity index (χ2n) is 8.34. The van der Waals surface area contributed by atoms with Crippen LogP contribution in [0.15, 0.2) is 12.1 Å². The van der Waals surface area contributed by atoms with Gasteiger partial charge in [-0.1, -0.05) is 19.3 Å². The van der Waals surface area contributed by atoms with E-state index in [1.165, 1.54) is 49.6 Å². The van der Waals surface area contributed by atoms with E-state index in [0.717, 1.165) is 5.56 Å². The normalized spacial score (nSPS) is 16.0. The number of carbonyl (C=O) groups excluding carboxylic acids is 2. The molecule has 2 rings (SSSR count). The largest absolute Gasteiger partial charge is 0.350 e. The third-order valence-electron chi connectivity index (χ3n) is 4.82. The highest BCUT2D eigenvalue weighted by atomic mass is 16.2. The van der Waals surface area contributed by atoms with Crippen molar-refractivity contribution in [1.29, 1.82) is 0 Å². The molecule has 0 aromatic carbocycles. The highest BCUT2D eigenvalue weighted by molar-refractivity contribution is 5.94. The zero-order valence-corrected chi connectivity index (χ0v) is 16.8. The van der Waals surface area contributed by atoms with Crippen LogP contribution in [-0.2, 0) is 9.59 Å². The maximum absolute atomic E-state index is 12.0. The lowest BCUT2D eigenvalue weighted by Crippen LogP contribution is -2.45. The van der Waals surface area contributed by atoms with Gasteiger partial charge in [0.1, 0.15) is 0 Å². The lowest BCUT2D eigenvalue weighted by atomic mass is 9.95. The number of rotatable bonds is 5. The van der Waals surface area contributed by atoms with E-state index in [0.29, 0.717) is 6.04 Å². The molecule has 1 aromatic heterocycles. The smallest absolute Gasteiger partial charge is 0.244 e. The number of hydrogen-bond donors (Lipinski definition) is 2. The molecule has 26 heavy (non-hydrogen) atoms. The Balaban J connectivity index is 1.95. The Morgan fingerprint density at radius 3 is 2.46 bits per heavy atom. The van der Waals surface area contributed by atoms with Gasteiger partial charge >= 0.3 is 0 Å². The molecule has 0 radical (unpaired) electrons. The molecule has 1 heterocycles. The number of amides is 2. The second-order valence-corrected chi connectivity index (χ2v) is 8.34. The van der Waals surface area contributed by atoms with Crippen molar-refractivity contribution >= 4 is 17.9 Å². The molecule has 1 fully saturated rings. The number of aryl methyl sites for hydroxylation is 1. The second kappa shape index (κ2) is 8.56. The average molecular weight is 360 g/mol. The summed E-state index contributed by atoms with van der Waals surface area (Å²) in [5.74, 6) is -0.439. The summed E-state index contributed by atoms with van der Waals surface area (Å²) in [7, 11) is 0. The van der Waals surface area contributed by atoms with Gasteiger partial charge in [-0.15, -0.1) is 0 Å². The summed E-state index contributed by atoms with van der Waals surface area (Å²) in [6.45, 7) is 9.98. The molecule has 0 spiro atoms. The SMILES string of the molecule is Cc1cc(/C=C/C(=O)NCC(=O)NC(C)(C)C)c(C)n1C1CCCCC1. The summed E-state index contributed by atoms with van der Waals surface area (Å²) >= 11 is 0.